The van der Waals surface area contributed by atoms with E-state index in [1.807, 2.05) is 56.0 Å². The summed E-state index contributed by atoms with van der Waals surface area (Å²) in [6, 6.07) is 10.00. The summed E-state index contributed by atoms with van der Waals surface area (Å²) in [7, 11) is 0. The summed E-state index contributed by atoms with van der Waals surface area (Å²) in [5.41, 5.74) is 2.04. The van der Waals surface area contributed by atoms with Crippen molar-refractivity contribution in [2.45, 2.75) is 65.0 Å². The lowest BCUT2D eigenvalue weighted by Gasteiger charge is -2.35. The Kier molecular flexibility index (Phi) is 5.19. The molecule has 0 spiro atoms. The molecule has 0 aliphatic carbocycles. The lowest BCUT2D eigenvalue weighted by Crippen LogP contribution is -2.47. The van der Waals surface area contributed by atoms with E-state index in [0.29, 0.717) is 25.2 Å². The Hall–Kier alpha value is -2.63. The Labute approximate surface area is 171 Å². The lowest BCUT2D eigenvalue weighted by atomic mass is 9.70. The fraction of sp³-hybridized carbons (Fsp3) is 0.522. The topological polar surface area (TPSA) is 72.6 Å². The molecular weight excluding hydrogens is 368 g/mol. The van der Waals surface area contributed by atoms with E-state index in [9.17, 15) is 9.59 Å². The second-order valence-electron chi connectivity index (χ2n) is 8.27. The molecule has 3 heterocycles. The first-order valence-electron chi connectivity index (χ1n) is 10.4. The largest absolute Gasteiger partial charge is 0.465 e. The smallest absolute Gasteiger partial charge is 0.314 e. The van der Waals surface area contributed by atoms with Crippen molar-refractivity contribution in [2.75, 3.05) is 6.61 Å². The van der Waals surface area contributed by atoms with Crippen LogP contribution >= 0.6 is 0 Å². The molecule has 2 saturated heterocycles. The minimum absolute atomic E-state index is 0.0473. The molecule has 2 aliphatic rings. The lowest BCUT2D eigenvalue weighted by molar-refractivity contribution is -0.158. The number of rotatable bonds is 6. The molecule has 0 radical (unpaired) electrons. The van der Waals surface area contributed by atoms with Crippen molar-refractivity contribution >= 4 is 11.9 Å². The van der Waals surface area contributed by atoms with E-state index in [0.717, 1.165) is 29.7 Å². The predicted octanol–water partition coefficient (Wildman–Crippen LogP) is 3.39. The van der Waals surface area contributed by atoms with E-state index in [1.54, 1.807) is 0 Å². The number of aromatic nitrogens is 1. The molecule has 6 nitrogen and oxygen atoms in total. The van der Waals surface area contributed by atoms with Gasteiger partial charge in [-0.05, 0) is 52.0 Å². The van der Waals surface area contributed by atoms with Crippen molar-refractivity contribution in [3.63, 3.8) is 0 Å². The van der Waals surface area contributed by atoms with Gasteiger partial charge in [-0.3, -0.25) is 9.59 Å². The Morgan fingerprint density at radius 1 is 1.24 bits per heavy atom. The summed E-state index contributed by atoms with van der Waals surface area (Å²) in [6.45, 7) is 5.87. The molecule has 1 aromatic carbocycles. The zero-order valence-electron chi connectivity index (χ0n) is 17.3. The van der Waals surface area contributed by atoms with Gasteiger partial charge in [0.1, 0.15) is 5.76 Å². The zero-order chi connectivity index (χ0) is 20.6. The summed E-state index contributed by atoms with van der Waals surface area (Å²) in [6.07, 6.45) is 3.30. The summed E-state index contributed by atoms with van der Waals surface area (Å²) >= 11 is 0. The molecule has 6 heteroatoms. The highest BCUT2D eigenvalue weighted by Crippen LogP contribution is 2.52. The number of hydrogen-bond acceptors (Lipinski definition) is 5. The molecule has 1 aromatic heterocycles. The minimum atomic E-state index is -0.672. The minimum Gasteiger partial charge on any atom is -0.465 e. The highest BCUT2D eigenvalue weighted by atomic mass is 16.5. The third-order valence-corrected chi connectivity index (χ3v) is 6.58. The third-order valence-electron chi connectivity index (χ3n) is 6.58. The molecule has 2 aromatic rings. The molecule has 1 amide bonds. The second-order valence-corrected chi connectivity index (χ2v) is 8.27. The number of ether oxygens (including phenoxy) is 1. The molecule has 29 heavy (non-hydrogen) atoms. The summed E-state index contributed by atoms with van der Waals surface area (Å²) in [4.78, 5) is 28.4. The van der Waals surface area contributed by atoms with Crippen molar-refractivity contribution in [3.05, 3.63) is 52.9 Å². The fourth-order valence-corrected chi connectivity index (χ4v) is 5.27. The average Bonchev–Trinajstić information content (AvgIpc) is 3.36. The normalized spacial score (nSPS) is 25.4. The van der Waals surface area contributed by atoms with Gasteiger partial charge in [-0.25, -0.2) is 0 Å². The first-order chi connectivity index (χ1) is 14.0. The van der Waals surface area contributed by atoms with Crippen LogP contribution in [0.4, 0.5) is 0 Å². The standard InChI is InChI=1S/C23H28N2O4/c1-4-28-22(27)23(13-17-8-6-5-7-9-17)14-18-10-11-20(23)25(18)21(26)12-19-15(2)24-29-16(19)3/h5-9,18,20H,4,10-14H2,1-3H3/t18-,20+,23+/m1/s1. The van der Waals surface area contributed by atoms with Gasteiger partial charge in [0, 0.05) is 17.6 Å². The number of nitrogens with zero attached hydrogens (tertiary/aromatic N) is 2. The maximum atomic E-state index is 13.3. The molecule has 0 saturated carbocycles. The molecule has 2 aliphatic heterocycles. The van der Waals surface area contributed by atoms with E-state index in [1.165, 1.54) is 0 Å². The Morgan fingerprint density at radius 2 is 2.00 bits per heavy atom. The average molecular weight is 396 g/mol. The van der Waals surface area contributed by atoms with Crippen LogP contribution in [0.15, 0.2) is 34.9 Å². The Balaban J connectivity index is 1.63. The van der Waals surface area contributed by atoms with E-state index in [-0.39, 0.29) is 30.4 Å². The van der Waals surface area contributed by atoms with Crippen molar-refractivity contribution in [1.29, 1.82) is 0 Å². The zero-order valence-corrected chi connectivity index (χ0v) is 17.3. The van der Waals surface area contributed by atoms with Crippen LogP contribution < -0.4 is 0 Å². The molecule has 2 fully saturated rings. The number of fused-ring (bicyclic) bond motifs is 2. The van der Waals surface area contributed by atoms with Gasteiger partial charge in [0.25, 0.3) is 0 Å². The van der Waals surface area contributed by atoms with Crippen molar-refractivity contribution in [3.8, 4) is 0 Å². The molecule has 0 N–H and O–H groups in total. The number of esters is 1. The number of amides is 1. The van der Waals surface area contributed by atoms with Crippen molar-refractivity contribution in [1.82, 2.24) is 10.1 Å². The van der Waals surface area contributed by atoms with E-state index >= 15 is 0 Å². The number of aryl methyl sites for hydroxylation is 2. The molecule has 154 valence electrons. The summed E-state index contributed by atoms with van der Waals surface area (Å²) < 4.78 is 10.7. The number of carbonyl (C=O) groups excluding carboxylic acids is 2. The quantitative estimate of drug-likeness (QED) is 0.700. The first kappa shape index (κ1) is 19.7. The maximum Gasteiger partial charge on any atom is 0.314 e. The van der Waals surface area contributed by atoms with Crippen molar-refractivity contribution in [2.24, 2.45) is 5.41 Å². The first-order valence-corrected chi connectivity index (χ1v) is 10.4. The van der Waals surface area contributed by atoms with Crippen LogP contribution in [0, 0.1) is 19.3 Å². The van der Waals surface area contributed by atoms with Crippen LogP contribution in [0.2, 0.25) is 0 Å². The molecule has 2 bridgehead atoms. The van der Waals surface area contributed by atoms with Gasteiger partial charge >= 0.3 is 5.97 Å². The van der Waals surface area contributed by atoms with E-state index in [2.05, 4.69) is 5.16 Å². The van der Waals surface area contributed by atoms with Gasteiger partial charge in [0.2, 0.25) is 5.91 Å². The van der Waals surface area contributed by atoms with Crippen LogP contribution in [-0.2, 0) is 27.2 Å². The number of hydrogen-bond donors (Lipinski definition) is 0. The Bertz CT molecular complexity index is 887. The summed E-state index contributed by atoms with van der Waals surface area (Å²) in [5, 5.41) is 3.97. The third kappa shape index (κ3) is 3.34. The second kappa shape index (κ2) is 7.65. The highest BCUT2D eigenvalue weighted by Gasteiger charge is 2.61. The fourth-order valence-electron chi connectivity index (χ4n) is 5.27. The predicted molar refractivity (Wildman–Crippen MR) is 107 cm³/mol. The maximum absolute atomic E-state index is 13.3. The van der Waals surface area contributed by atoms with Gasteiger partial charge < -0.3 is 14.2 Å². The van der Waals surface area contributed by atoms with E-state index in [4.69, 9.17) is 9.26 Å². The van der Waals surface area contributed by atoms with Gasteiger partial charge in [-0.1, -0.05) is 35.5 Å². The van der Waals surface area contributed by atoms with E-state index < -0.39 is 5.41 Å². The van der Waals surface area contributed by atoms with Crippen LogP contribution in [0.1, 0.15) is 48.8 Å². The van der Waals surface area contributed by atoms with Crippen LogP contribution in [-0.4, -0.2) is 40.6 Å². The SMILES string of the molecule is CCOC(=O)[C@@]1(Cc2ccccc2)C[C@H]2CC[C@@H]1N2C(=O)Cc1c(C)noc1C. The number of carbonyl (C=O) groups is 2. The van der Waals surface area contributed by atoms with Crippen molar-refractivity contribution < 1.29 is 18.8 Å². The van der Waals surface area contributed by atoms with Gasteiger partial charge in [0.15, 0.2) is 0 Å². The molecule has 4 rings (SSSR count). The number of benzene rings is 1. The Morgan fingerprint density at radius 3 is 2.66 bits per heavy atom. The van der Waals surface area contributed by atoms with Gasteiger partial charge in [-0.2, -0.15) is 0 Å². The highest BCUT2D eigenvalue weighted by molar-refractivity contribution is 5.85. The van der Waals surface area contributed by atoms with Crippen LogP contribution in [0.25, 0.3) is 0 Å². The monoisotopic (exact) mass is 396 g/mol. The van der Waals surface area contributed by atoms with Crippen LogP contribution in [0.5, 0.6) is 0 Å². The summed E-state index contributed by atoms with van der Waals surface area (Å²) in [5.74, 6) is 0.556. The molecule has 0 unspecified atom stereocenters. The van der Waals surface area contributed by atoms with Gasteiger partial charge in [0.05, 0.1) is 24.1 Å². The van der Waals surface area contributed by atoms with Crippen LogP contribution in [0.3, 0.4) is 0 Å². The van der Waals surface area contributed by atoms with Gasteiger partial charge in [-0.15, -0.1) is 0 Å². The molecular formula is C23H28N2O4. The molecule has 3 atom stereocenters.